The average molecular weight is 501 g/mol. The standard InChI is InChI=1S/C22H25ClN8O2S/c1-13(29-22-19-21(26-11-25-19)27-12-28-22)16-10-17(23)15-4-3-7-24-18(15)20(16)31-8-5-14(6-9-31)30-34(2,32)33/h3-4,7,10-14,30H,5-6,8-9H2,1-2H3,(H2,25,26,27,28,29). The number of hydrogen-bond acceptors (Lipinski definition) is 8. The minimum absolute atomic E-state index is 0.0780. The number of aromatic amines is 1. The molecule has 1 saturated heterocycles. The number of H-pyrrole nitrogens is 1. The van der Waals surface area contributed by atoms with Gasteiger partial charge in [-0.2, -0.15) is 0 Å². The Hall–Kier alpha value is -3.02. The fourth-order valence-corrected chi connectivity index (χ4v) is 5.66. The Morgan fingerprint density at radius 2 is 1.97 bits per heavy atom. The van der Waals surface area contributed by atoms with Crippen LogP contribution in [0.3, 0.4) is 0 Å². The summed E-state index contributed by atoms with van der Waals surface area (Å²) >= 11 is 6.69. The lowest BCUT2D eigenvalue weighted by atomic mass is 9.98. The number of nitrogens with one attached hydrogen (secondary N) is 3. The van der Waals surface area contributed by atoms with E-state index in [1.807, 2.05) is 25.1 Å². The highest BCUT2D eigenvalue weighted by Gasteiger charge is 2.27. The third kappa shape index (κ3) is 4.50. The first-order valence-electron chi connectivity index (χ1n) is 11.0. The minimum Gasteiger partial charge on any atom is -0.369 e. The van der Waals surface area contributed by atoms with Gasteiger partial charge in [0.1, 0.15) is 11.8 Å². The molecular weight excluding hydrogens is 476 g/mol. The molecule has 178 valence electrons. The molecule has 1 fully saturated rings. The number of pyridine rings is 1. The zero-order chi connectivity index (χ0) is 23.9. The molecule has 1 aliphatic rings. The topological polar surface area (TPSA) is 129 Å². The van der Waals surface area contributed by atoms with Gasteiger partial charge < -0.3 is 15.2 Å². The largest absolute Gasteiger partial charge is 0.369 e. The summed E-state index contributed by atoms with van der Waals surface area (Å²) in [5, 5.41) is 4.96. The van der Waals surface area contributed by atoms with E-state index in [-0.39, 0.29) is 12.1 Å². The normalized spacial score (nSPS) is 16.3. The Morgan fingerprint density at radius 3 is 2.74 bits per heavy atom. The number of fused-ring (bicyclic) bond motifs is 2. The van der Waals surface area contributed by atoms with E-state index in [4.69, 9.17) is 11.6 Å². The van der Waals surface area contributed by atoms with E-state index in [2.05, 4.69) is 39.9 Å². The summed E-state index contributed by atoms with van der Waals surface area (Å²) in [6.07, 6.45) is 7.44. The Morgan fingerprint density at radius 1 is 1.18 bits per heavy atom. The van der Waals surface area contributed by atoms with Gasteiger partial charge >= 0.3 is 0 Å². The van der Waals surface area contributed by atoms with E-state index in [1.165, 1.54) is 12.6 Å². The first-order chi connectivity index (χ1) is 16.3. The molecule has 12 heteroatoms. The second-order valence-electron chi connectivity index (χ2n) is 8.54. The Labute approximate surface area is 202 Å². The van der Waals surface area contributed by atoms with Crippen molar-refractivity contribution in [1.82, 2.24) is 29.6 Å². The van der Waals surface area contributed by atoms with E-state index in [0.29, 0.717) is 47.9 Å². The Balaban J connectivity index is 1.52. The highest BCUT2D eigenvalue weighted by molar-refractivity contribution is 7.88. The van der Waals surface area contributed by atoms with Crippen LogP contribution in [0.5, 0.6) is 0 Å². The van der Waals surface area contributed by atoms with Crippen molar-refractivity contribution in [3.05, 3.63) is 47.6 Å². The lowest BCUT2D eigenvalue weighted by molar-refractivity contribution is 0.461. The van der Waals surface area contributed by atoms with Crippen molar-refractivity contribution >= 4 is 55.2 Å². The Kier molecular flexibility index (Phi) is 6.00. The molecule has 0 saturated carbocycles. The molecule has 4 heterocycles. The number of sulfonamides is 1. The summed E-state index contributed by atoms with van der Waals surface area (Å²) in [5.74, 6) is 0.623. The van der Waals surface area contributed by atoms with Gasteiger partial charge in [0.05, 0.1) is 34.9 Å². The molecule has 1 aromatic carbocycles. The highest BCUT2D eigenvalue weighted by Crippen LogP contribution is 2.39. The van der Waals surface area contributed by atoms with Crippen LogP contribution in [-0.2, 0) is 10.0 Å². The van der Waals surface area contributed by atoms with E-state index in [1.54, 1.807) is 12.5 Å². The predicted molar refractivity (Wildman–Crippen MR) is 134 cm³/mol. The van der Waals surface area contributed by atoms with Crippen LogP contribution >= 0.6 is 11.6 Å². The maximum atomic E-state index is 11.7. The summed E-state index contributed by atoms with van der Waals surface area (Å²) in [4.78, 5) is 22.9. The number of piperidine rings is 1. The van der Waals surface area contributed by atoms with Crippen molar-refractivity contribution in [3.8, 4) is 0 Å². The fourth-order valence-electron chi connectivity index (χ4n) is 4.55. The molecule has 0 aliphatic carbocycles. The van der Waals surface area contributed by atoms with Crippen molar-refractivity contribution in [2.45, 2.75) is 31.8 Å². The molecule has 3 N–H and O–H groups in total. The molecule has 10 nitrogen and oxygen atoms in total. The molecule has 1 unspecified atom stereocenters. The molecule has 1 aliphatic heterocycles. The predicted octanol–water partition coefficient (Wildman–Crippen LogP) is 3.25. The first kappa shape index (κ1) is 22.8. The summed E-state index contributed by atoms with van der Waals surface area (Å²) < 4.78 is 26.1. The average Bonchev–Trinajstić information content (AvgIpc) is 3.29. The smallest absolute Gasteiger partial charge is 0.208 e. The van der Waals surface area contributed by atoms with Gasteiger partial charge in [-0.25, -0.2) is 28.1 Å². The van der Waals surface area contributed by atoms with E-state index >= 15 is 0 Å². The number of aromatic nitrogens is 5. The zero-order valence-corrected chi connectivity index (χ0v) is 20.4. The van der Waals surface area contributed by atoms with E-state index in [9.17, 15) is 8.42 Å². The van der Waals surface area contributed by atoms with Crippen LogP contribution in [0.15, 0.2) is 37.1 Å². The lowest BCUT2D eigenvalue weighted by Crippen LogP contribution is -2.44. The number of hydrogen-bond donors (Lipinski definition) is 3. The van der Waals surface area contributed by atoms with Crippen LogP contribution < -0.4 is 14.9 Å². The number of nitrogens with zero attached hydrogens (tertiary/aromatic N) is 5. The molecular formula is C22H25ClN8O2S. The second-order valence-corrected chi connectivity index (χ2v) is 10.7. The molecule has 0 amide bonds. The number of benzene rings is 1. The molecule has 0 radical (unpaired) electrons. The molecule has 3 aromatic heterocycles. The van der Waals surface area contributed by atoms with Crippen molar-refractivity contribution in [2.75, 3.05) is 29.6 Å². The molecule has 0 spiro atoms. The summed E-state index contributed by atoms with van der Waals surface area (Å²) in [6, 6.07) is 5.57. The van der Waals surface area contributed by atoms with Gasteiger partial charge in [-0.05, 0) is 38.0 Å². The summed E-state index contributed by atoms with van der Waals surface area (Å²) in [6.45, 7) is 3.43. The van der Waals surface area contributed by atoms with Crippen LogP contribution in [-0.4, -0.2) is 58.7 Å². The van der Waals surface area contributed by atoms with Crippen LogP contribution in [0.25, 0.3) is 22.1 Å². The van der Waals surface area contributed by atoms with Gasteiger partial charge in [-0.15, -0.1) is 0 Å². The van der Waals surface area contributed by atoms with Gasteiger partial charge in [-0.1, -0.05) is 11.6 Å². The van der Waals surface area contributed by atoms with E-state index < -0.39 is 10.0 Å². The van der Waals surface area contributed by atoms with Crippen LogP contribution in [0.2, 0.25) is 5.02 Å². The van der Waals surface area contributed by atoms with Crippen molar-refractivity contribution in [2.24, 2.45) is 0 Å². The van der Waals surface area contributed by atoms with Gasteiger partial charge in [0.15, 0.2) is 11.5 Å². The minimum atomic E-state index is -3.24. The monoisotopic (exact) mass is 500 g/mol. The lowest BCUT2D eigenvalue weighted by Gasteiger charge is -2.36. The second kappa shape index (κ2) is 8.97. The first-order valence-corrected chi connectivity index (χ1v) is 13.3. The van der Waals surface area contributed by atoms with Gasteiger partial charge in [0, 0.05) is 36.3 Å². The molecule has 34 heavy (non-hydrogen) atoms. The highest BCUT2D eigenvalue weighted by atomic mass is 35.5. The van der Waals surface area contributed by atoms with Gasteiger partial charge in [0.2, 0.25) is 10.0 Å². The Bertz CT molecular complexity index is 1450. The molecule has 5 rings (SSSR count). The maximum absolute atomic E-state index is 11.7. The van der Waals surface area contributed by atoms with Gasteiger partial charge in [0.25, 0.3) is 0 Å². The van der Waals surface area contributed by atoms with Crippen molar-refractivity contribution in [1.29, 1.82) is 0 Å². The quantitative estimate of drug-likeness (QED) is 0.368. The third-order valence-electron chi connectivity index (χ3n) is 6.07. The van der Waals surface area contributed by atoms with Crippen molar-refractivity contribution in [3.63, 3.8) is 0 Å². The van der Waals surface area contributed by atoms with Crippen LogP contribution in [0.1, 0.15) is 31.4 Å². The zero-order valence-electron chi connectivity index (χ0n) is 18.8. The SMILES string of the molecule is CC(Nc1ncnc2[nH]cnc12)c1cc(Cl)c2cccnc2c1N1CCC(NS(C)(=O)=O)CC1. The van der Waals surface area contributed by atoms with Crippen molar-refractivity contribution < 1.29 is 8.42 Å². The van der Waals surface area contributed by atoms with Crippen LogP contribution in [0.4, 0.5) is 11.5 Å². The fraction of sp³-hybridized carbons (Fsp3) is 0.364. The maximum Gasteiger partial charge on any atom is 0.208 e. The summed E-state index contributed by atoms with van der Waals surface area (Å²) in [5.41, 5.74) is 4.11. The number of anilines is 2. The van der Waals surface area contributed by atoms with Crippen LogP contribution in [0, 0.1) is 0 Å². The third-order valence-corrected chi connectivity index (χ3v) is 7.15. The summed E-state index contributed by atoms with van der Waals surface area (Å²) in [7, 11) is -3.24. The number of halogens is 1. The number of rotatable bonds is 6. The molecule has 0 bridgehead atoms. The molecule has 1 atom stereocenters. The van der Waals surface area contributed by atoms with E-state index in [0.717, 1.165) is 22.2 Å². The van der Waals surface area contributed by atoms with Gasteiger partial charge in [-0.3, -0.25) is 4.98 Å². The molecule has 4 aromatic rings. The number of imidazole rings is 1.